The van der Waals surface area contributed by atoms with E-state index in [0.717, 1.165) is 68.9 Å². The third-order valence-corrected chi connectivity index (χ3v) is 7.58. The van der Waals surface area contributed by atoms with Gasteiger partial charge in [0.1, 0.15) is 0 Å². The number of anilines is 1. The van der Waals surface area contributed by atoms with Gasteiger partial charge in [0.15, 0.2) is 0 Å². The lowest BCUT2D eigenvalue weighted by atomic mass is 9.49. The number of hydrogen-bond donors (Lipinski definition) is 1. The molecule has 6 rings (SSSR count). The minimum atomic E-state index is -0.0401. The Morgan fingerprint density at radius 1 is 0.893 bits per heavy atom. The Morgan fingerprint density at radius 3 is 2.04 bits per heavy atom. The maximum absolute atomic E-state index is 13.4. The van der Waals surface area contributed by atoms with Gasteiger partial charge in [0.2, 0.25) is 11.8 Å². The lowest BCUT2D eigenvalue weighted by Crippen LogP contribution is -2.58. The smallest absolute Gasteiger partial charge is 0.238 e. The van der Waals surface area contributed by atoms with E-state index in [4.69, 9.17) is 0 Å². The predicted octanol–water partition coefficient (Wildman–Crippen LogP) is 2.99. The van der Waals surface area contributed by atoms with Crippen LogP contribution in [0.1, 0.15) is 38.5 Å². The second-order valence-electron chi connectivity index (χ2n) is 9.68. The SMILES string of the molecule is O=C(CN1CCN(C(=O)C23CC4CC(CC(C4)C2)C3)CC1)Nc1ccccc1. The molecule has 4 bridgehead atoms. The normalized spacial score (nSPS) is 34.4. The summed E-state index contributed by atoms with van der Waals surface area (Å²) >= 11 is 0. The van der Waals surface area contributed by atoms with Gasteiger partial charge in [-0.1, -0.05) is 18.2 Å². The van der Waals surface area contributed by atoms with Crippen molar-refractivity contribution in [1.82, 2.24) is 9.80 Å². The largest absolute Gasteiger partial charge is 0.340 e. The first kappa shape index (κ1) is 18.2. The first-order valence-electron chi connectivity index (χ1n) is 11.0. The van der Waals surface area contributed by atoms with Gasteiger partial charge < -0.3 is 10.2 Å². The van der Waals surface area contributed by atoms with Crippen LogP contribution in [0.15, 0.2) is 30.3 Å². The van der Waals surface area contributed by atoms with Crippen LogP contribution < -0.4 is 5.32 Å². The van der Waals surface area contributed by atoms with Crippen molar-refractivity contribution in [2.45, 2.75) is 38.5 Å². The van der Waals surface area contributed by atoms with Crippen molar-refractivity contribution in [2.75, 3.05) is 38.0 Å². The summed E-state index contributed by atoms with van der Waals surface area (Å²) in [4.78, 5) is 30.0. The topological polar surface area (TPSA) is 52.7 Å². The first-order valence-corrected chi connectivity index (χ1v) is 11.0. The highest BCUT2D eigenvalue weighted by molar-refractivity contribution is 5.92. The van der Waals surface area contributed by atoms with E-state index in [1.54, 1.807) is 0 Å². The Balaban J connectivity index is 1.14. The van der Waals surface area contributed by atoms with Crippen LogP contribution in [0, 0.1) is 23.2 Å². The summed E-state index contributed by atoms with van der Waals surface area (Å²) in [6, 6.07) is 9.59. The molecule has 5 fully saturated rings. The number of piperazine rings is 1. The molecule has 1 aromatic carbocycles. The summed E-state index contributed by atoms with van der Waals surface area (Å²) in [6.45, 7) is 3.51. The Kier molecular flexibility index (Phi) is 4.66. The molecular formula is C23H31N3O2. The van der Waals surface area contributed by atoms with E-state index in [-0.39, 0.29) is 11.3 Å². The number of carbonyl (C=O) groups is 2. The molecule has 0 atom stereocenters. The second kappa shape index (κ2) is 7.18. The van der Waals surface area contributed by atoms with Crippen molar-refractivity contribution < 1.29 is 9.59 Å². The molecule has 150 valence electrons. The number of para-hydroxylation sites is 1. The summed E-state index contributed by atoms with van der Waals surface area (Å²) in [5.41, 5.74) is 0.796. The fraction of sp³-hybridized carbons (Fsp3) is 0.652. The highest BCUT2D eigenvalue weighted by Gasteiger charge is 2.55. The van der Waals surface area contributed by atoms with Crippen molar-refractivity contribution in [3.05, 3.63) is 30.3 Å². The molecular weight excluding hydrogens is 350 g/mol. The average Bonchev–Trinajstić information content (AvgIpc) is 2.68. The summed E-state index contributed by atoms with van der Waals surface area (Å²) in [6.07, 6.45) is 7.52. The van der Waals surface area contributed by atoms with Crippen LogP contribution in [0.3, 0.4) is 0 Å². The third-order valence-electron chi connectivity index (χ3n) is 7.58. The Bertz CT molecular complexity index is 704. The van der Waals surface area contributed by atoms with Crippen molar-refractivity contribution in [2.24, 2.45) is 23.2 Å². The predicted molar refractivity (Wildman–Crippen MR) is 109 cm³/mol. The molecule has 0 unspecified atom stereocenters. The molecule has 4 aliphatic carbocycles. The van der Waals surface area contributed by atoms with Gasteiger partial charge in [-0.05, 0) is 68.4 Å². The number of carbonyl (C=O) groups excluding carboxylic acids is 2. The highest BCUT2D eigenvalue weighted by atomic mass is 16.2. The van der Waals surface area contributed by atoms with Crippen LogP contribution in [0.4, 0.5) is 5.69 Å². The third kappa shape index (κ3) is 3.45. The number of nitrogens with zero attached hydrogens (tertiary/aromatic N) is 2. The number of hydrogen-bond acceptors (Lipinski definition) is 3. The summed E-state index contributed by atoms with van der Waals surface area (Å²) in [5.74, 6) is 2.86. The van der Waals surface area contributed by atoms with Crippen LogP contribution in [-0.2, 0) is 9.59 Å². The van der Waals surface area contributed by atoms with Crippen molar-refractivity contribution in [1.29, 1.82) is 0 Å². The molecule has 5 nitrogen and oxygen atoms in total. The number of benzene rings is 1. The molecule has 5 heteroatoms. The lowest BCUT2D eigenvalue weighted by Gasteiger charge is -2.57. The number of rotatable bonds is 4. The minimum Gasteiger partial charge on any atom is -0.340 e. The van der Waals surface area contributed by atoms with Crippen LogP contribution in [0.5, 0.6) is 0 Å². The van der Waals surface area contributed by atoms with Gasteiger partial charge in [0, 0.05) is 31.9 Å². The zero-order valence-corrected chi connectivity index (χ0v) is 16.6. The van der Waals surface area contributed by atoms with Gasteiger partial charge in [-0.3, -0.25) is 14.5 Å². The Labute approximate surface area is 167 Å². The maximum atomic E-state index is 13.4. The molecule has 0 radical (unpaired) electrons. The summed E-state index contributed by atoms with van der Waals surface area (Å²) in [5, 5.41) is 2.95. The van der Waals surface area contributed by atoms with Gasteiger partial charge in [-0.15, -0.1) is 0 Å². The van der Waals surface area contributed by atoms with E-state index in [1.165, 1.54) is 19.3 Å². The number of amides is 2. The molecule has 0 aromatic heterocycles. The van der Waals surface area contributed by atoms with Crippen molar-refractivity contribution in [3.63, 3.8) is 0 Å². The van der Waals surface area contributed by atoms with E-state index in [1.807, 2.05) is 30.3 Å². The van der Waals surface area contributed by atoms with Gasteiger partial charge >= 0.3 is 0 Å². The van der Waals surface area contributed by atoms with E-state index < -0.39 is 0 Å². The van der Waals surface area contributed by atoms with Crippen molar-refractivity contribution in [3.8, 4) is 0 Å². The zero-order chi connectivity index (χ0) is 19.1. The Morgan fingerprint density at radius 2 is 1.46 bits per heavy atom. The standard InChI is InChI=1S/C23H31N3O2/c27-21(24-20-4-2-1-3-5-20)16-25-6-8-26(9-7-25)22(28)23-13-17-10-18(14-23)12-19(11-17)15-23/h1-5,17-19H,6-16H2,(H,24,27). The molecule has 1 heterocycles. The fourth-order valence-corrected chi connectivity index (χ4v) is 6.74. The first-order chi connectivity index (χ1) is 13.6. The molecule has 1 saturated heterocycles. The quantitative estimate of drug-likeness (QED) is 0.872. The maximum Gasteiger partial charge on any atom is 0.238 e. The Hall–Kier alpha value is -1.88. The van der Waals surface area contributed by atoms with Gasteiger partial charge in [-0.2, -0.15) is 0 Å². The second-order valence-corrected chi connectivity index (χ2v) is 9.68. The van der Waals surface area contributed by atoms with Crippen molar-refractivity contribution >= 4 is 17.5 Å². The minimum absolute atomic E-state index is 0.0204. The van der Waals surface area contributed by atoms with E-state index >= 15 is 0 Å². The molecule has 1 aromatic rings. The van der Waals surface area contributed by atoms with Gasteiger partial charge in [0.05, 0.1) is 12.0 Å². The van der Waals surface area contributed by atoms with Crippen LogP contribution in [0.25, 0.3) is 0 Å². The molecule has 4 saturated carbocycles. The average molecular weight is 382 g/mol. The molecule has 2 amide bonds. The van der Waals surface area contributed by atoms with E-state index in [0.29, 0.717) is 12.5 Å². The monoisotopic (exact) mass is 381 g/mol. The molecule has 5 aliphatic rings. The van der Waals surface area contributed by atoms with Crippen LogP contribution in [-0.4, -0.2) is 54.3 Å². The van der Waals surface area contributed by atoms with Gasteiger partial charge in [-0.25, -0.2) is 0 Å². The molecule has 1 aliphatic heterocycles. The molecule has 1 N–H and O–H groups in total. The van der Waals surface area contributed by atoms with E-state index in [9.17, 15) is 9.59 Å². The zero-order valence-electron chi connectivity index (χ0n) is 16.6. The molecule has 0 spiro atoms. The van der Waals surface area contributed by atoms with Crippen LogP contribution >= 0.6 is 0 Å². The van der Waals surface area contributed by atoms with Crippen LogP contribution in [0.2, 0.25) is 0 Å². The highest BCUT2D eigenvalue weighted by Crippen LogP contribution is 2.60. The van der Waals surface area contributed by atoms with E-state index in [2.05, 4.69) is 15.1 Å². The summed E-state index contributed by atoms with van der Waals surface area (Å²) < 4.78 is 0. The molecule has 28 heavy (non-hydrogen) atoms. The lowest BCUT2D eigenvalue weighted by molar-refractivity contribution is -0.159. The fourth-order valence-electron chi connectivity index (χ4n) is 6.74. The number of nitrogens with one attached hydrogen (secondary N) is 1. The van der Waals surface area contributed by atoms with Gasteiger partial charge in [0.25, 0.3) is 0 Å². The summed E-state index contributed by atoms with van der Waals surface area (Å²) in [7, 11) is 0.